The number of halogens is 1. The summed E-state index contributed by atoms with van der Waals surface area (Å²) < 4.78 is 14.2. The molecule has 0 aliphatic heterocycles. The topological polar surface area (TPSA) is 86.2 Å². The van der Waals surface area contributed by atoms with Crippen molar-refractivity contribution in [1.29, 1.82) is 0 Å². The van der Waals surface area contributed by atoms with Gasteiger partial charge in [0.15, 0.2) is 0 Å². The van der Waals surface area contributed by atoms with E-state index in [9.17, 15) is 14.0 Å². The van der Waals surface area contributed by atoms with Gasteiger partial charge in [-0.2, -0.15) is 0 Å². The monoisotopic (exact) mass is 348 g/mol. The van der Waals surface area contributed by atoms with Crippen molar-refractivity contribution >= 4 is 11.8 Å². The van der Waals surface area contributed by atoms with E-state index in [-0.39, 0.29) is 16.7 Å². The van der Waals surface area contributed by atoms with Crippen LogP contribution >= 0.6 is 0 Å². The standard InChI is InChI=1S/C21H17FN2O2/c22-16-11-14(9-13-5-2-1-3-6-13)10-15(12-16)19-17(20(23)25)7-4-8-18(19)21(24)26/h1-8,10-12H,9H2,(H2,23,25)(H2,24,26). The van der Waals surface area contributed by atoms with Crippen LogP contribution in [-0.4, -0.2) is 11.8 Å². The van der Waals surface area contributed by atoms with Crippen LogP contribution in [0, 0.1) is 5.82 Å². The van der Waals surface area contributed by atoms with Gasteiger partial charge in [0.1, 0.15) is 5.82 Å². The maximum atomic E-state index is 14.2. The molecule has 3 aromatic carbocycles. The molecule has 26 heavy (non-hydrogen) atoms. The first-order valence-electron chi connectivity index (χ1n) is 8.02. The molecule has 3 aromatic rings. The fourth-order valence-electron chi connectivity index (χ4n) is 3.00. The Kier molecular flexibility index (Phi) is 4.80. The van der Waals surface area contributed by atoms with Crippen LogP contribution in [0.1, 0.15) is 31.8 Å². The third kappa shape index (κ3) is 3.62. The number of amides is 2. The smallest absolute Gasteiger partial charge is 0.249 e. The molecular weight excluding hydrogens is 331 g/mol. The van der Waals surface area contributed by atoms with Gasteiger partial charge in [-0.15, -0.1) is 0 Å². The molecule has 0 saturated heterocycles. The van der Waals surface area contributed by atoms with Gasteiger partial charge < -0.3 is 11.5 Å². The van der Waals surface area contributed by atoms with Gasteiger partial charge in [0.05, 0.1) is 0 Å². The van der Waals surface area contributed by atoms with Crippen molar-refractivity contribution in [2.75, 3.05) is 0 Å². The molecule has 4 nitrogen and oxygen atoms in total. The number of carbonyl (C=O) groups excluding carboxylic acids is 2. The second kappa shape index (κ2) is 7.19. The first kappa shape index (κ1) is 17.4. The van der Waals surface area contributed by atoms with Crippen LogP contribution in [0.15, 0.2) is 66.7 Å². The Morgan fingerprint density at radius 1 is 0.769 bits per heavy atom. The number of primary amides is 2. The highest BCUT2D eigenvalue weighted by Crippen LogP contribution is 2.30. The Labute approximate surface area is 150 Å². The summed E-state index contributed by atoms with van der Waals surface area (Å²) in [5, 5.41) is 0. The highest BCUT2D eigenvalue weighted by atomic mass is 19.1. The Morgan fingerprint density at radius 3 is 1.96 bits per heavy atom. The Morgan fingerprint density at radius 2 is 1.38 bits per heavy atom. The molecule has 0 heterocycles. The Bertz CT molecular complexity index is 952. The van der Waals surface area contributed by atoms with E-state index in [4.69, 9.17) is 11.5 Å². The predicted molar refractivity (Wildman–Crippen MR) is 98.1 cm³/mol. The van der Waals surface area contributed by atoms with Gasteiger partial charge in [-0.05, 0) is 47.4 Å². The lowest BCUT2D eigenvalue weighted by atomic mass is 9.91. The van der Waals surface area contributed by atoms with Crippen molar-refractivity contribution in [1.82, 2.24) is 0 Å². The summed E-state index contributed by atoms with van der Waals surface area (Å²) in [6.07, 6.45) is 0.510. The molecule has 0 saturated carbocycles. The summed E-state index contributed by atoms with van der Waals surface area (Å²) in [7, 11) is 0. The third-order valence-corrected chi connectivity index (χ3v) is 4.09. The molecule has 0 bridgehead atoms. The third-order valence-electron chi connectivity index (χ3n) is 4.09. The Balaban J connectivity index is 2.16. The van der Waals surface area contributed by atoms with Crippen LogP contribution in [0.25, 0.3) is 11.1 Å². The molecule has 0 aliphatic rings. The zero-order valence-electron chi connectivity index (χ0n) is 13.9. The highest BCUT2D eigenvalue weighted by molar-refractivity contribution is 6.08. The van der Waals surface area contributed by atoms with Crippen molar-refractivity contribution in [2.45, 2.75) is 6.42 Å². The van der Waals surface area contributed by atoms with Crippen molar-refractivity contribution in [3.05, 3.63) is 94.8 Å². The van der Waals surface area contributed by atoms with Gasteiger partial charge in [-0.25, -0.2) is 4.39 Å². The van der Waals surface area contributed by atoms with Crippen molar-refractivity contribution < 1.29 is 14.0 Å². The second-order valence-electron chi connectivity index (χ2n) is 5.97. The molecule has 0 radical (unpaired) electrons. The van der Waals surface area contributed by atoms with Crippen LogP contribution in [-0.2, 0) is 6.42 Å². The average molecular weight is 348 g/mol. The number of nitrogens with two attached hydrogens (primary N) is 2. The van der Waals surface area contributed by atoms with Crippen LogP contribution in [0.4, 0.5) is 4.39 Å². The van der Waals surface area contributed by atoms with E-state index in [1.807, 2.05) is 30.3 Å². The molecule has 0 atom stereocenters. The molecular formula is C21H17FN2O2. The summed E-state index contributed by atoms with van der Waals surface area (Å²) in [6, 6.07) is 18.5. The minimum absolute atomic E-state index is 0.123. The van der Waals surface area contributed by atoms with Gasteiger partial charge in [-0.1, -0.05) is 42.5 Å². The van der Waals surface area contributed by atoms with Crippen LogP contribution < -0.4 is 11.5 Å². The lowest BCUT2D eigenvalue weighted by Gasteiger charge is -2.13. The normalized spacial score (nSPS) is 10.5. The van der Waals surface area contributed by atoms with E-state index in [2.05, 4.69) is 0 Å². The van der Waals surface area contributed by atoms with Crippen LogP contribution in [0.5, 0.6) is 0 Å². The SMILES string of the molecule is NC(=O)c1cccc(C(N)=O)c1-c1cc(F)cc(Cc2ccccc2)c1. The zero-order chi connectivity index (χ0) is 18.7. The molecule has 4 N–H and O–H groups in total. The number of hydrogen-bond acceptors (Lipinski definition) is 2. The summed E-state index contributed by atoms with van der Waals surface area (Å²) in [6.45, 7) is 0. The summed E-state index contributed by atoms with van der Waals surface area (Å²) in [5.74, 6) is -1.89. The first-order chi connectivity index (χ1) is 12.5. The van der Waals surface area contributed by atoms with Gasteiger partial charge in [-0.3, -0.25) is 9.59 Å². The average Bonchev–Trinajstić information content (AvgIpc) is 2.61. The maximum absolute atomic E-state index is 14.2. The lowest BCUT2D eigenvalue weighted by Crippen LogP contribution is -2.18. The second-order valence-corrected chi connectivity index (χ2v) is 5.97. The zero-order valence-corrected chi connectivity index (χ0v) is 13.9. The highest BCUT2D eigenvalue weighted by Gasteiger charge is 2.18. The molecule has 0 aromatic heterocycles. The van der Waals surface area contributed by atoms with E-state index in [1.54, 1.807) is 6.07 Å². The van der Waals surface area contributed by atoms with E-state index in [0.29, 0.717) is 17.5 Å². The van der Waals surface area contributed by atoms with Crippen LogP contribution in [0.3, 0.4) is 0 Å². The fourth-order valence-corrected chi connectivity index (χ4v) is 3.00. The number of benzene rings is 3. The summed E-state index contributed by atoms with van der Waals surface area (Å²) in [5.41, 5.74) is 13.5. The molecule has 2 amide bonds. The van der Waals surface area contributed by atoms with E-state index >= 15 is 0 Å². The minimum Gasteiger partial charge on any atom is -0.366 e. The number of carbonyl (C=O) groups is 2. The first-order valence-corrected chi connectivity index (χ1v) is 8.02. The maximum Gasteiger partial charge on any atom is 0.249 e. The molecule has 0 aliphatic carbocycles. The van der Waals surface area contributed by atoms with Crippen molar-refractivity contribution in [3.63, 3.8) is 0 Å². The molecule has 0 fully saturated rings. The molecule has 130 valence electrons. The molecule has 0 unspecified atom stereocenters. The lowest BCUT2D eigenvalue weighted by molar-refractivity contribution is 0.0999. The number of hydrogen-bond donors (Lipinski definition) is 2. The fraction of sp³-hybridized carbons (Fsp3) is 0.0476. The molecule has 5 heteroatoms. The largest absolute Gasteiger partial charge is 0.366 e. The summed E-state index contributed by atoms with van der Waals surface area (Å²) in [4.78, 5) is 23.6. The van der Waals surface area contributed by atoms with E-state index in [0.717, 1.165) is 5.56 Å². The minimum atomic E-state index is -0.711. The summed E-state index contributed by atoms with van der Waals surface area (Å²) >= 11 is 0. The molecule has 0 spiro atoms. The van der Waals surface area contributed by atoms with Gasteiger partial charge in [0, 0.05) is 16.7 Å². The predicted octanol–water partition coefficient (Wildman–Crippen LogP) is 3.28. The van der Waals surface area contributed by atoms with Crippen molar-refractivity contribution in [3.8, 4) is 11.1 Å². The number of rotatable bonds is 5. The van der Waals surface area contributed by atoms with Crippen molar-refractivity contribution in [2.24, 2.45) is 11.5 Å². The van der Waals surface area contributed by atoms with Gasteiger partial charge >= 0.3 is 0 Å². The quantitative estimate of drug-likeness (QED) is 0.741. The van der Waals surface area contributed by atoms with Crippen LogP contribution in [0.2, 0.25) is 0 Å². The Hall–Kier alpha value is -3.47. The molecule has 3 rings (SSSR count). The van der Waals surface area contributed by atoms with Gasteiger partial charge in [0.2, 0.25) is 11.8 Å². The van der Waals surface area contributed by atoms with Gasteiger partial charge in [0.25, 0.3) is 0 Å². The van der Waals surface area contributed by atoms with E-state index < -0.39 is 17.6 Å². The van der Waals surface area contributed by atoms with E-state index in [1.165, 1.54) is 30.3 Å².